The maximum Gasteiger partial charge on any atom is 0.0164 e. The summed E-state index contributed by atoms with van der Waals surface area (Å²) in [5.74, 6) is 1.91. The molecule has 0 heteroatoms. The van der Waals surface area contributed by atoms with Crippen molar-refractivity contribution >= 4 is 0 Å². The van der Waals surface area contributed by atoms with E-state index in [1.807, 2.05) is 0 Å². The fourth-order valence-electron chi connectivity index (χ4n) is 5.15. The molecule has 0 nitrogen and oxygen atoms in total. The third kappa shape index (κ3) is 5.26. The molecule has 2 aliphatic rings. The second-order valence-electron chi connectivity index (χ2n) is 13.0. The first kappa shape index (κ1) is 23.5. The Labute approximate surface area is 165 Å². The Hall–Kier alpha value is -0.520. The van der Waals surface area contributed by atoms with Crippen molar-refractivity contribution in [3.05, 3.63) is 24.3 Å². The Morgan fingerprint density at radius 3 is 1.04 bits per heavy atom. The van der Waals surface area contributed by atoms with Gasteiger partial charge in [0.2, 0.25) is 0 Å². The summed E-state index contributed by atoms with van der Waals surface area (Å²) in [5.41, 5.74) is 1.84. The van der Waals surface area contributed by atoms with E-state index in [0.29, 0.717) is 10.8 Å². The van der Waals surface area contributed by atoms with Crippen LogP contribution in [0.3, 0.4) is 0 Å². The number of hydrogen-bond acceptors (Lipinski definition) is 0. The molecule has 0 radical (unpaired) electrons. The minimum atomic E-state index is 0.208. The summed E-state index contributed by atoms with van der Waals surface area (Å²) >= 11 is 0. The van der Waals surface area contributed by atoms with Gasteiger partial charge in [-0.15, -0.1) is 0 Å². The van der Waals surface area contributed by atoms with E-state index < -0.39 is 0 Å². The smallest absolute Gasteiger partial charge is 0.0164 e. The lowest BCUT2D eigenvalue weighted by Crippen LogP contribution is -2.42. The van der Waals surface area contributed by atoms with Gasteiger partial charge in [-0.05, 0) is 52.8 Å². The van der Waals surface area contributed by atoms with Crippen LogP contribution in [0, 0.1) is 38.9 Å². The summed E-state index contributed by atoms with van der Waals surface area (Å²) in [7, 11) is 0. The second kappa shape index (κ2) is 7.48. The van der Waals surface area contributed by atoms with E-state index in [2.05, 4.69) is 107 Å². The molecule has 0 aromatic rings. The van der Waals surface area contributed by atoms with Gasteiger partial charge in [0.15, 0.2) is 0 Å². The highest BCUT2D eigenvalue weighted by atomic mass is 14.5. The molecule has 1 fully saturated rings. The molecule has 1 saturated carbocycles. The van der Waals surface area contributed by atoms with E-state index in [4.69, 9.17) is 0 Å². The molecular formula is C26H48. The van der Waals surface area contributed by atoms with Gasteiger partial charge in [0, 0.05) is 5.41 Å². The fraction of sp³-hybridized carbons (Fsp3) is 0.846. The van der Waals surface area contributed by atoms with E-state index >= 15 is 0 Å². The largest absolute Gasteiger partial charge is 0.0735 e. The molecule has 0 aromatic heterocycles. The maximum absolute atomic E-state index is 2.39. The van der Waals surface area contributed by atoms with Crippen LogP contribution in [-0.2, 0) is 0 Å². The molecule has 0 heterocycles. The first-order chi connectivity index (χ1) is 11.4. The molecule has 0 bridgehead atoms. The van der Waals surface area contributed by atoms with Crippen molar-refractivity contribution in [2.24, 2.45) is 38.9 Å². The lowest BCUT2D eigenvalue weighted by Gasteiger charge is -2.49. The molecule has 152 valence electrons. The third-order valence-electron chi connectivity index (χ3n) is 7.19. The van der Waals surface area contributed by atoms with Crippen LogP contribution in [0.2, 0.25) is 0 Å². The molecule has 2 atom stereocenters. The van der Waals surface area contributed by atoms with Crippen molar-refractivity contribution in [2.45, 2.75) is 102 Å². The van der Waals surface area contributed by atoms with Gasteiger partial charge >= 0.3 is 0 Å². The molecular weight excluding hydrogens is 312 g/mol. The van der Waals surface area contributed by atoms with Gasteiger partial charge in [-0.2, -0.15) is 0 Å². The molecule has 2 aliphatic carbocycles. The van der Waals surface area contributed by atoms with Crippen LogP contribution in [0.1, 0.15) is 102 Å². The molecule has 2 rings (SSSR count). The van der Waals surface area contributed by atoms with Crippen molar-refractivity contribution in [2.75, 3.05) is 0 Å². The molecule has 2 unspecified atom stereocenters. The van der Waals surface area contributed by atoms with Gasteiger partial charge in [-0.1, -0.05) is 107 Å². The number of allylic oxidation sites excluding steroid dienone is 4. The second-order valence-corrected chi connectivity index (χ2v) is 13.0. The van der Waals surface area contributed by atoms with Gasteiger partial charge in [0.05, 0.1) is 0 Å². The molecule has 0 N–H and O–H groups in total. The van der Waals surface area contributed by atoms with Crippen molar-refractivity contribution in [1.82, 2.24) is 0 Å². The Kier molecular flexibility index (Phi) is 6.77. The minimum Gasteiger partial charge on any atom is -0.0735 e. The predicted molar refractivity (Wildman–Crippen MR) is 119 cm³/mol. The molecule has 0 saturated heterocycles. The average Bonchev–Trinajstić information content (AvgIpc) is 3.07. The summed E-state index contributed by atoms with van der Waals surface area (Å²) < 4.78 is 0. The van der Waals surface area contributed by atoms with Gasteiger partial charge < -0.3 is 0 Å². The lowest BCUT2D eigenvalue weighted by atomic mass is 9.55. The number of hydrogen-bond donors (Lipinski definition) is 0. The van der Waals surface area contributed by atoms with Gasteiger partial charge in [0.1, 0.15) is 0 Å². The predicted octanol–water partition coefficient (Wildman–Crippen LogP) is 8.69. The highest BCUT2D eigenvalue weighted by molar-refractivity contribution is 5.30. The van der Waals surface area contributed by atoms with Gasteiger partial charge in [0.25, 0.3) is 0 Å². The Bertz CT molecular complexity index is 454. The lowest BCUT2D eigenvalue weighted by molar-refractivity contribution is 0.0696. The SMILES string of the molecule is CC(C)(C)C1(C(C)(C)C)C=CC=C1.CC(C)(C)C1CCC(C(C)(C)C)C1. The molecule has 26 heavy (non-hydrogen) atoms. The molecule has 0 spiro atoms. The molecule has 0 amide bonds. The highest BCUT2D eigenvalue weighted by Gasteiger charge is 2.47. The normalized spacial score (nSPS) is 26.0. The van der Waals surface area contributed by atoms with Crippen molar-refractivity contribution in [3.8, 4) is 0 Å². The Balaban J connectivity index is 0.000000260. The zero-order chi connectivity index (χ0) is 20.6. The summed E-state index contributed by atoms with van der Waals surface area (Å²) in [6.07, 6.45) is 13.4. The summed E-state index contributed by atoms with van der Waals surface area (Å²) in [6.45, 7) is 28.3. The van der Waals surface area contributed by atoms with Crippen LogP contribution in [0.15, 0.2) is 24.3 Å². The Morgan fingerprint density at radius 2 is 0.885 bits per heavy atom. The first-order valence-corrected chi connectivity index (χ1v) is 10.8. The van der Waals surface area contributed by atoms with E-state index in [1.165, 1.54) is 19.3 Å². The first-order valence-electron chi connectivity index (χ1n) is 10.8. The monoisotopic (exact) mass is 360 g/mol. The summed E-state index contributed by atoms with van der Waals surface area (Å²) in [4.78, 5) is 0. The van der Waals surface area contributed by atoms with Crippen molar-refractivity contribution in [1.29, 1.82) is 0 Å². The highest BCUT2D eigenvalue weighted by Crippen LogP contribution is 2.55. The fourth-order valence-corrected chi connectivity index (χ4v) is 5.15. The minimum absolute atomic E-state index is 0.208. The van der Waals surface area contributed by atoms with Crippen LogP contribution in [-0.4, -0.2) is 0 Å². The maximum atomic E-state index is 2.39. The van der Waals surface area contributed by atoms with Crippen LogP contribution in [0.4, 0.5) is 0 Å². The van der Waals surface area contributed by atoms with Crippen molar-refractivity contribution < 1.29 is 0 Å². The van der Waals surface area contributed by atoms with E-state index in [0.717, 1.165) is 11.8 Å². The zero-order valence-corrected chi connectivity index (χ0v) is 20.1. The van der Waals surface area contributed by atoms with E-state index in [-0.39, 0.29) is 16.2 Å². The van der Waals surface area contributed by atoms with Crippen LogP contribution < -0.4 is 0 Å². The zero-order valence-electron chi connectivity index (χ0n) is 20.1. The Morgan fingerprint density at radius 1 is 0.577 bits per heavy atom. The number of rotatable bonds is 0. The third-order valence-corrected chi connectivity index (χ3v) is 7.19. The standard InChI is InChI=1S/C13H26.C13H22/c1-12(2,3)10-7-8-11(9-10)13(4,5)6;1-11(2,3)13(12(4,5)6)9-7-8-10-13/h10-11H,7-9H2,1-6H3;7-10H,1-6H3. The quantitative estimate of drug-likeness (QED) is 0.405. The van der Waals surface area contributed by atoms with Crippen LogP contribution in [0.25, 0.3) is 0 Å². The van der Waals surface area contributed by atoms with E-state index in [1.54, 1.807) is 0 Å². The van der Waals surface area contributed by atoms with Gasteiger partial charge in [-0.3, -0.25) is 0 Å². The molecule has 0 aliphatic heterocycles. The van der Waals surface area contributed by atoms with E-state index in [9.17, 15) is 0 Å². The van der Waals surface area contributed by atoms with Gasteiger partial charge in [-0.25, -0.2) is 0 Å². The summed E-state index contributed by atoms with van der Waals surface area (Å²) in [5, 5.41) is 0. The van der Waals surface area contributed by atoms with Crippen molar-refractivity contribution in [3.63, 3.8) is 0 Å². The topological polar surface area (TPSA) is 0 Å². The summed E-state index contributed by atoms with van der Waals surface area (Å²) in [6, 6.07) is 0. The van der Waals surface area contributed by atoms with Crippen LogP contribution >= 0.6 is 0 Å². The van der Waals surface area contributed by atoms with Crippen LogP contribution in [0.5, 0.6) is 0 Å². The average molecular weight is 361 g/mol. The molecule has 0 aromatic carbocycles.